The highest BCUT2D eigenvalue weighted by molar-refractivity contribution is 6.36. The number of aliphatic carboxylic acids is 1. The zero-order valence-corrected chi connectivity index (χ0v) is 12.7. The van der Waals surface area contributed by atoms with E-state index in [0.717, 1.165) is 19.3 Å². The number of carbonyl (C=O) groups is 1. The summed E-state index contributed by atoms with van der Waals surface area (Å²) in [5, 5.41) is 10.2. The van der Waals surface area contributed by atoms with E-state index in [0.29, 0.717) is 22.0 Å². The van der Waals surface area contributed by atoms with Gasteiger partial charge in [0.1, 0.15) is 0 Å². The van der Waals surface area contributed by atoms with E-state index in [9.17, 15) is 9.90 Å². The third-order valence-corrected chi connectivity index (χ3v) is 3.90. The van der Waals surface area contributed by atoms with Gasteiger partial charge < -0.3 is 5.11 Å². The lowest BCUT2D eigenvalue weighted by atomic mass is 9.93. The fraction of sp³-hybridized carbons (Fsp3) is 0.533. The summed E-state index contributed by atoms with van der Waals surface area (Å²) >= 11 is 12.2. The molecule has 0 aromatic heterocycles. The first-order chi connectivity index (χ1) is 9.07. The normalized spacial score (nSPS) is 12.4. The van der Waals surface area contributed by atoms with Crippen molar-refractivity contribution in [2.45, 2.75) is 51.4 Å². The lowest BCUT2D eigenvalue weighted by Gasteiger charge is -2.15. The van der Waals surface area contributed by atoms with Crippen LogP contribution in [0.3, 0.4) is 0 Å². The molecule has 0 amide bonds. The van der Waals surface area contributed by atoms with Crippen LogP contribution in [-0.4, -0.2) is 11.1 Å². The predicted molar refractivity (Wildman–Crippen MR) is 80.2 cm³/mol. The van der Waals surface area contributed by atoms with Crippen molar-refractivity contribution in [3.8, 4) is 0 Å². The maximum absolute atomic E-state index is 11.4. The molecular weight excluding hydrogens is 283 g/mol. The highest BCUT2D eigenvalue weighted by atomic mass is 35.5. The summed E-state index contributed by atoms with van der Waals surface area (Å²) in [6.07, 6.45) is 6.06. The Bertz CT molecular complexity index is 398. The number of benzene rings is 1. The summed E-state index contributed by atoms with van der Waals surface area (Å²) in [4.78, 5) is 11.4. The predicted octanol–water partition coefficient (Wildman–Crippen LogP) is 5.52. The second-order valence-electron chi connectivity index (χ2n) is 4.73. The lowest BCUT2D eigenvalue weighted by Crippen LogP contribution is -2.12. The molecule has 0 aliphatic carbocycles. The Morgan fingerprint density at radius 3 is 2.26 bits per heavy atom. The molecule has 1 aromatic carbocycles. The van der Waals surface area contributed by atoms with Crippen LogP contribution >= 0.6 is 23.2 Å². The smallest absolute Gasteiger partial charge is 0.311 e. The monoisotopic (exact) mass is 302 g/mol. The van der Waals surface area contributed by atoms with Gasteiger partial charge in [0.05, 0.1) is 5.92 Å². The van der Waals surface area contributed by atoms with Crippen molar-refractivity contribution in [3.63, 3.8) is 0 Å². The zero-order chi connectivity index (χ0) is 14.3. The number of hydrogen-bond acceptors (Lipinski definition) is 1. The first kappa shape index (κ1) is 16.3. The van der Waals surface area contributed by atoms with Gasteiger partial charge in [0.2, 0.25) is 0 Å². The van der Waals surface area contributed by atoms with Crippen molar-refractivity contribution in [1.29, 1.82) is 0 Å². The summed E-state index contributed by atoms with van der Waals surface area (Å²) in [6, 6.07) is 5.11. The van der Waals surface area contributed by atoms with Gasteiger partial charge in [0, 0.05) is 15.6 Å². The third-order valence-electron chi connectivity index (χ3n) is 3.24. The molecule has 0 unspecified atom stereocenters. The molecule has 0 aliphatic rings. The average molecular weight is 303 g/mol. The van der Waals surface area contributed by atoms with Crippen LogP contribution < -0.4 is 0 Å². The molecule has 0 saturated heterocycles. The summed E-state index contributed by atoms with van der Waals surface area (Å²) < 4.78 is 0. The van der Waals surface area contributed by atoms with E-state index in [2.05, 4.69) is 6.92 Å². The molecule has 4 heteroatoms. The van der Waals surface area contributed by atoms with E-state index in [1.54, 1.807) is 18.2 Å². The Balaban J connectivity index is 2.70. The van der Waals surface area contributed by atoms with Gasteiger partial charge in [-0.05, 0) is 18.6 Å². The molecular formula is C15H20Cl2O2. The molecule has 1 aromatic rings. The topological polar surface area (TPSA) is 37.3 Å². The number of rotatable bonds is 8. The van der Waals surface area contributed by atoms with E-state index in [-0.39, 0.29) is 0 Å². The summed E-state index contributed by atoms with van der Waals surface area (Å²) in [6.45, 7) is 2.16. The van der Waals surface area contributed by atoms with Gasteiger partial charge in [-0.25, -0.2) is 0 Å². The molecule has 0 heterocycles. The quantitative estimate of drug-likeness (QED) is 0.642. The van der Waals surface area contributed by atoms with Crippen molar-refractivity contribution in [3.05, 3.63) is 33.8 Å². The van der Waals surface area contributed by atoms with E-state index in [1.165, 1.54) is 12.8 Å². The van der Waals surface area contributed by atoms with Crippen LogP contribution in [0.25, 0.3) is 0 Å². The summed E-state index contributed by atoms with van der Waals surface area (Å²) in [5.74, 6) is -1.46. The van der Waals surface area contributed by atoms with Crippen molar-refractivity contribution < 1.29 is 9.90 Å². The Morgan fingerprint density at radius 2 is 1.74 bits per heavy atom. The molecule has 2 nitrogen and oxygen atoms in total. The molecule has 0 fully saturated rings. The number of unbranched alkanes of at least 4 members (excludes halogenated alkanes) is 4. The minimum absolute atomic E-state index is 0.438. The van der Waals surface area contributed by atoms with Crippen LogP contribution in [0.4, 0.5) is 0 Å². The highest BCUT2D eigenvalue weighted by Gasteiger charge is 2.24. The van der Waals surface area contributed by atoms with E-state index >= 15 is 0 Å². The maximum atomic E-state index is 11.4. The Labute approximate surface area is 124 Å². The number of hydrogen-bond donors (Lipinski definition) is 1. The molecule has 1 rings (SSSR count). The van der Waals surface area contributed by atoms with Gasteiger partial charge in [0.15, 0.2) is 0 Å². The highest BCUT2D eigenvalue weighted by Crippen LogP contribution is 2.34. The second kappa shape index (κ2) is 8.44. The SMILES string of the molecule is CCCCCCC[C@@H](C(=O)O)c1c(Cl)cccc1Cl. The minimum atomic E-state index is -0.856. The first-order valence-corrected chi connectivity index (χ1v) is 7.50. The Kier molecular flexibility index (Phi) is 7.25. The van der Waals surface area contributed by atoms with Crippen LogP contribution in [0.5, 0.6) is 0 Å². The molecule has 106 valence electrons. The van der Waals surface area contributed by atoms with Crippen molar-refractivity contribution >= 4 is 29.2 Å². The van der Waals surface area contributed by atoms with Gasteiger partial charge in [-0.2, -0.15) is 0 Å². The van der Waals surface area contributed by atoms with Crippen molar-refractivity contribution in [2.75, 3.05) is 0 Å². The third kappa shape index (κ3) is 5.04. The second-order valence-corrected chi connectivity index (χ2v) is 5.54. The standard InChI is InChI=1S/C15H20Cl2O2/c1-2-3-4-5-6-8-11(15(18)19)14-12(16)9-7-10-13(14)17/h7,9-11H,2-6,8H2,1H3,(H,18,19)/t11-/m1/s1. The van der Waals surface area contributed by atoms with E-state index in [1.807, 2.05) is 0 Å². The van der Waals surface area contributed by atoms with Crippen LogP contribution in [-0.2, 0) is 4.79 Å². The summed E-state index contributed by atoms with van der Waals surface area (Å²) in [7, 11) is 0. The molecule has 0 saturated carbocycles. The van der Waals surface area contributed by atoms with Gasteiger partial charge in [-0.3, -0.25) is 4.79 Å². The van der Waals surface area contributed by atoms with Crippen LogP contribution in [0.15, 0.2) is 18.2 Å². The van der Waals surface area contributed by atoms with Crippen molar-refractivity contribution in [2.24, 2.45) is 0 Å². The first-order valence-electron chi connectivity index (χ1n) is 6.74. The zero-order valence-electron chi connectivity index (χ0n) is 11.2. The Morgan fingerprint density at radius 1 is 1.16 bits per heavy atom. The molecule has 0 aliphatic heterocycles. The van der Waals surface area contributed by atoms with Crippen molar-refractivity contribution in [1.82, 2.24) is 0 Å². The maximum Gasteiger partial charge on any atom is 0.311 e. The van der Waals surface area contributed by atoms with Gasteiger partial charge >= 0.3 is 5.97 Å². The number of halogens is 2. The Hall–Kier alpha value is -0.730. The van der Waals surface area contributed by atoms with E-state index in [4.69, 9.17) is 23.2 Å². The molecule has 1 atom stereocenters. The fourth-order valence-electron chi connectivity index (χ4n) is 2.19. The number of carboxylic acids is 1. The van der Waals surface area contributed by atoms with Crippen LogP contribution in [0.2, 0.25) is 10.0 Å². The van der Waals surface area contributed by atoms with Gasteiger partial charge in [0.25, 0.3) is 0 Å². The molecule has 1 N–H and O–H groups in total. The lowest BCUT2D eigenvalue weighted by molar-refractivity contribution is -0.139. The average Bonchev–Trinajstić information content (AvgIpc) is 2.35. The fourth-order valence-corrected chi connectivity index (χ4v) is 2.85. The van der Waals surface area contributed by atoms with Crippen LogP contribution in [0.1, 0.15) is 56.9 Å². The van der Waals surface area contributed by atoms with Gasteiger partial charge in [-0.1, -0.05) is 68.3 Å². The van der Waals surface area contributed by atoms with E-state index < -0.39 is 11.9 Å². The number of carboxylic acid groups (broad SMARTS) is 1. The molecule has 19 heavy (non-hydrogen) atoms. The summed E-state index contributed by atoms with van der Waals surface area (Å²) in [5.41, 5.74) is 0.550. The molecule has 0 spiro atoms. The van der Waals surface area contributed by atoms with Gasteiger partial charge in [-0.15, -0.1) is 0 Å². The van der Waals surface area contributed by atoms with Crippen LogP contribution in [0, 0.1) is 0 Å². The molecule has 0 bridgehead atoms. The largest absolute Gasteiger partial charge is 0.481 e. The minimum Gasteiger partial charge on any atom is -0.481 e. The molecule has 0 radical (unpaired) electrons.